The molecule has 1 aliphatic heterocycles. The average molecular weight is 456 g/mol. The van der Waals surface area contributed by atoms with Crippen LogP contribution in [0.25, 0.3) is 0 Å². The number of carbonyl (C=O) groups is 1. The summed E-state index contributed by atoms with van der Waals surface area (Å²) in [5, 5.41) is 12.9. The quantitative estimate of drug-likeness (QED) is 0.499. The molecule has 0 unspecified atom stereocenters. The van der Waals surface area contributed by atoms with E-state index in [4.69, 9.17) is 11.6 Å². The van der Waals surface area contributed by atoms with Gasteiger partial charge in [-0.25, -0.2) is 0 Å². The highest BCUT2D eigenvalue weighted by Gasteiger charge is 2.22. The Morgan fingerprint density at radius 2 is 1.77 bits per heavy atom. The molecule has 0 spiro atoms. The molecule has 2 aromatic carbocycles. The molecule has 1 N–H and O–H groups in total. The summed E-state index contributed by atoms with van der Waals surface area (Å²) in [7, 11) is 0. The van der Waals surface area contributed by atoms with E-state index in [1.165, 1.54) is 30.2 Å². The molecule has 162 valence electrons. The number of benzene rings is 2. The van der Waals surface area contributed by atoms with Crippen molar-refractivity contribution in [1.82, 2.24) is 19.7 Å². The molecule has 1 atom stereocenters. The summed E-state index contributed by atoms with van der Waals surface area (Å²) >= 11 is 7.36. The number of aromatic nitrogens is 3. The molecule has 6 nitrogen and oxygen atoms in total. The van der Waals surface area contributed by atoms with E-state index < -0.39 is 0 Å². The van der Waals surface area contributed by atoms with Crippen molar-refractivity contribution in [1.29, 1.82) is 0 Å². The number of nitrogens with zero attached hydrogens (tertiary/aromatic N) is 4. The van der Waals surface area contributed by atoms with Gasteiger partial charge in [-0.15, -0.1) is 10.2 Å². The zero-order valence-electron chi connectivity index (χ0n) is 17.5. The summed E-state index contributed by atoms with van der Waals surface area (Å²) in [6.45, 7) is 5.55. The van der Waals surface area contributed by atoms with Crippen molar-refractivity contribution in [2.24, 2.45) is 0 Å². The number of hydrogen-bond acceptors (Lipinski definition) is 5. The second-order valence-electron chi connectivity index (χ2n) is 7.71. The SMILES string of the molecule is C[C@H](Sc1nnc(CN2CCCC2)n1Cc1ccccc1)C(=O)Nc1ccc(Cl)cc1. The van der Waals surface area contributed by atoms with E-state index in [1.54, 1.807) is 24.3 Å². The van der Waals surface area contributed by atoms with Gasteiger partial charge in [0.2, 0.25) is 5.91 Å². The second-order valence-corrected chi connectivity index (χ2v) is 9.45. The Balaban J connectivity index is 1.49. The van der Waals surface area contributed by atoms with Crippen LogP contribution in [0.15, 0.2) is 59.8 Å². The standard InChI is InChI=1S/C23H26ClN5OS/c1-17(22(30)25-20-11-9-19(24)10-12-20)31-23-27-26-21(16-28-13-5-6-14-28)29(23)15-18-7-3-2-4-8-18/h2-4,7-12,17H,5-6,13-16H2,1H3,(H,25,30)/t17-/m0/s1. The fourth-order valence-corrected chi connectivity index (χ4v) is 4.57. The second kappa shape index (κ2) is 10.3. The van der Waals surface area contributed by atoms with Crippen molar-refractivity contribution >= 4 is 35.0 Å². The Bertz CT molecular complexity index is 1000. The predicted molar refractivity (Wildman–Crippen MR) is 125 cm³/mol. The Labute approximate surface area is 192 Å². The van der Waals surface area contributed by atoms with Crippen LogP contribution in [0.1, 0.15) is 31.2 Å². The van der Waals surface area contributed by atoms with Crippen LogP contribution in [0.2, 0.25) is 5.02 Å². The van der Waals surface area contributed by atoms with Gasteiger partial charge in [-0.3, -0.25) is 9.69 Å². The summed E-state index contributed by atoms with van der Waals surface area (Å²) in [6.07, 6.45) is 2.46. The maximum Gasteiger partial charge on any atom is 0.237 e. The molecular weight excluding hydrogens is 430 g/mol. The third kappa shape index (κ3) is 5.87. The molecule has 1 amide bonds. The van der Waals surface area contributed by atoms with E-state index in [9.17, 15) is 4.79 Å². The first kappa shape index (κ1) is 21.9. The molecule has 4 rings (SSSR count). The Hall–Kier alpha value is -2.35. The third-order valence-electron chi connectivity index (χ3n) is 5.30. The van der Waals surface area contributed by atoms with Crippen LogP contribution in [0, 0.1) is 0 Å². The minimum atomic E-state index is -0.325. The van der Waals surface area contributed by atoms with Crippen LogP contribution in [0.4, 0.5) is 5.69 Å². The Morgan fingerprint density at radius 3 is 2.48 bits per heavy atom. The summed E-state index contributed by atoms with van der Waals surface area (Å²) in [5.41, 5.74) is 1.91. The highest BCUT2D eigenvalue weighted by molar-refractivity contribution is 8.00. The first-order valence-corrected chi connectivity index (χ1v) is 11.8. The molecule has 31 heavy (non-hydrogen) atoms. The van der Waals surface area contributed by atoms with Gasteiger partial charge >= 0.3 is 0 Å². The maximum absolute atomic E-state index is 12.7. The maximum atomic E-state index is 12.7. The summed E-state index contributed by atoms with van der Waals surface area (Å²) in [4.78, 5) is 15.1. The molecule has 0 bridgehead atoms. The lowest BCUT2D eigenvalue weighted by Gasteiger charge is -2.17. The van der Waals surface area contributed by atoms with Gasteiger partial charge in [0.25, 0.3) is 0 Å². The van der Waals surface area contributed by atoms with Gasteiger partial charge in [-0.2, -0.15) is 0 Å². The van der Waals surface area contributed by atoms with Crippen LogP contribution < -0.4 is 5.32 Å². The van der Waals surface area contributed by atoms with E-state index in [0.717, 1.165) is 36.3 Å². The predicted octanol–water partition coefficient (Wildman–Crippen LogP) is 4.69. The highest BCUT2D eigenvalue weighted by atomic mass is 35.5. The molecule has 1 fully saturated rings. The number of hydrogen-bond donors (Lipinski definition) is 1. The summed E-state index contributed by atoms with van der Waals surface area (Å²) < 4.78 is 2.14. The number of rotatable bonds is 8. The molecule has 2 heterocycles. The van der Waals surface area contributed by atoms with Crippen molar-refractivity contribution in [2.75, 3.05) is 18.4 Å². The van der Waals surface area contributed by atoms with Crippen molar-refractivity contribution in [3.8, 4) is 0 Å². The lowest BCUT2D eigenvalue weighted by Crippen LogP contribution is -2.24. The number of nitrogens with one attached hydrogen (secondary N) is 1. The topological polar surface area (TPSA) is 63.1 Å². The van der Waals surface area contributed by atoms with Gasteiger partial charge in [-0.1, -0.05) is 53.7 Å². The van der Waals surface area contributed by atoms with E-state index in [0.29, 0.717) is 11.6 Å². The zero-order chi connectivity index (χ0) is 21.6. The third-order valence-corrected chi connectivity index (χ3v) is 6.64. The number of halogens is 1. The van der Waals surface area contributed by atoms with E-state index in [1.807, 2.05) is 25.1 Å². The fourth-order valence-electron chi connectivity index (χ4n) is 3.58. The molecule has 1 aliphatic rings. The van der Waals surface area contributed by atoms with E-state index >= 15 is 0 Å². The fraction of sp³-hybridized carbons (Fsp3) is 0.348. The van der Waals surface area contributed by atoms with Crippen LogP contribution >= 0.6 is 23.4 Å². The van der Waals surface area contributed by atoms with Crippen molar-refractivity contribution in [3.05, 3.63) is 71.0 Å². The zero-order valence-corrected chi connectivity index (χ0v) is 19.1. The molecule has 8 heteroatoms. The summed E-state index contributed by atoms with van der Waals surface area (Å²) in [6, 6.07) is 17.4. The highest BCUT2D eigenvalue weighted by Crippen LogP contribution is 2.26. The molecule has 0 saturated carbocycles. The van der Waals surface area contributed by atoms with Gasteiger partial charge in [0.15, 0.2) is 5.16 Å². The summed E-state index contributed by atoms with van der Waals surface area (Å²) in [5.74, 6) is 0.862. The van der Waals surface area contributed by atoms with E-state index in [2.05, 4.69) is 37.1 Å². The van der Waals surface area contributed by atoms with Crippen LogP contribution in [0.3, 0.4) is 0 Å². The van der Waals surface area contributed by atoms with Gasteiger partial charge in [0, 0.05) is 10.7 Å². The minimum Gasteiger partial charge on any atom is -0.325 e. The van der Waals surface area contributed by atoms with E-state index in [-0.39, 0.29) is 11.2 Å². The Morgan fingerprint density at radius 1 is 1.06 bits per heavy atom. The van der Waals surface area contributed by atoms with Crippen LogP contribution in [-0.2, 0) is 17.9 Å². The molecule has 0 radical (unpaired) electrons. The van der Waals surface area contributed by atoms with Gasteiger partial charge < -0.3 is 9.88 Å². The minimum absolute atomic E-state index is 0.0809. The molecule has 0 aliphatic carbocycles. The van der Waals surface area contributed by atoms with Gasteiger partial charge in [-0.05, 0) is 62.7 Å². The average Bonchev–Trinajstić information content (AvgIpc) is 3.42. The van der Waals surface area contributed by atoms with Crippen molar-refractivity contribution in [2.45, 2.75) is 43.3 Å². The van der Waals surface area contributed by atoms with Crippen molar-refractivity contribution < 1.29 is 4.79 Å². The number of likely N-dealkylation sites (tertiary alicyclic amines) is 1. The van der Waals surface area contributed by atoms with Crippen molar-refractivity contribution in [3.63, 3.8) is 0 Å². The normalized spacial score (nSPS) is 15.2. The molecular formula is C23H26ClN5OS. The molecule has 1 aromatic heterocycles. The lowest BCUT2D eigenvalue weighted by molar-refractivity contribution is -0.115. The number of amides is 1. The number of anilines is 1. The first-order valence-electron chi connectivity index (χ1n) is 10.5. The first-order chi connectivity index (χ1) is 15.1. The van der Waals surface area contributed by atoms with Gasteiger partial charge in [0.1, 0.15) is 5.82 Å². The lowest BCUT2D eigenvalue weighted by atomic mass is 10.2. The number of carbonyl (C=O) groups excluding carboxylic acids is 1. The smallest absolute Gasteiger partial charge is 0.237 e. The number of thioether (sulfide) groups is 1. The van der Waals surface area contributed by atoms with Crippen LogP contribution in [-0.4, -0.2) is 43.9 Å². The molecule has 1 saturated heterocycles. The largest absolute Gasteiger partial charge is 0.325 e. The van der Waals surface area contributed by atoms with Gasteiger partial charge in [0.05, 0.1) is 18.3 Å². The Kier molecular flexibility index (Phi) is 7.27. The van der Waals surface area contributed by atoms with Crippen LogP contribution in [0.5, 0.6) is 0 Å². The monoisotopic (exact) mass is 455 g/mol. The molecule has 3 aromatic rings.